The van der Waals surface area contributed by atoms with Gasteiger partial charge in [-0.1, -0.05) is 23.7 Å². The third-order valence-corrected chi connectivity index (χ3v) is 4.69. The van der Waals surface area contributed by atoms with Gasteiger partial charge in [0.05, 0.1) is 17.7 Å². The Morgan fingerprint density at radius 2 is 2.32 bits per heavy atom. The third kappa shape index (κ3) is 4.61. The Morgan fingerprint density at radius 3 is 3.05 bits per heavy atom. The van der Waals surface area contributed by atoms with E-state index in [0.717, 1.165) is 18.4 Å². The highest BCUT2D eigenvalue weighted by Gasteiger charge is 2.23. The summed E-state index contributed by atoms with van der Waals surface area (Å²) in [4.78, 5) is 12.1. The Kier molecular flexibility index (Phi) is 6.08. The first-order valence-electron chi connectivity index (χ1n) is 7.25. The quantitative estimate of drug-likeness (QED) is 0.882. The summed E-state index contributed by atoms with van der Waals surface area (Å²) in [6, 6.07) is 4.99. The van der Waals surface area contributed by atoms with Gasteiger partial charge in [0.15, 0.2) is 0 Å². The van der Waals surface area contributed by atoms with Gasteiger partial charge in [-0.25, -0.2) is 4.79 Å². The molecule has 3 unspecified atom stereocenters. The van der Waals surface area contributed by atoms with Crippen LogP contribution in [0, 0.1) is 0 Å². The van der Waals surface area contributed by atoms with Crippen molar-refractivity contribution in [1.82, 2.24) is 10.6 Å². The van der Waals surface area contributed by atoms with Crippen LogP contribution in [0.2, 0.25) is 5.02 Å². The maximum Gasteiger partial charge on any atom is 0.315 e. The van der Waals surface area contributed by atoms with Crippen LogP contribution in [0.1, 0.15) is 31.4 Å². The fourth-order valence-electron chi connectivity index (χ4n) is 2.54. The van der Waals surface area contributed by atoms with Crippen molar-refractivity contribution in [2.45, 2.75) is 31.8 Å². The lowest BCUT2D eigenvalue weighted by molar-refractivity contribution is 0.234. The molecule has 1 aliphatic rings. The molecule has 1 aromatic rings. The number of hydrogen-bond acceptors (Lipinski definition) is 3. The van der Waals surface area contributed by atoms with Crippen molar-refractivity contribution in [3.05, 3.63) is 28.8 Å². The number of carbonyl (C=O) groups excluding carboxylic acids is 1. The summed E-state index contributed by atoms with van der Waals surface area (Å²) < 4.78 is 16.9. The van der Waals surface area contributed by atoms with Crippen molar-refractivity contribution in [3.63, 3.8) is 0 Å². The first-order valence-corrected chi connectivity index (χ1v) is 9.36. The molecule has 0 radical (unpaired) electrons. The molecule has 0 fully saturated rings. The van der Waals surface area contributed by atoms with E-state index >= 15 is 0 Å². The molecule has 7 heteroatoms. The summed E-state index contributed by atoms with van der Waals surface area (Å²) >= 11 is 6.17. The molecule has 2 amide bonds. The van der Waals surface area contributed by atoms with E-state index in [9.17, 15) is 9.00 Å². The van der Waals surface area contributed by atoms with Crippen molar-refractivity contribution in [2.24, 2.45) is 0 Å². The fourth-order valence-corrected chi connectivity index (χ4v) is 3.56. The predicted octanol–water partition coefficient (Wildman–Crippen LogP) is 2.62. The first-order chi connectivity index (χ1) is 10.5. The van der Waals surface area contributed by atoms with E-state index in [1.807, 2.05) is 19.1 Å². The molecule has 1 aromatic carbocycles. The lowest BCUT2D eigenvalue weighted by Crippen LogP contribution is -2.44. The number of fused-ring (bicyclic) bond motifs is 1. The van der Waals surface area contributed by atoms with Gasteiger partial charge in [0.1, 0.15) is 5.75 Å². The molecule has 1 aliphatic heterocycles. The van der Waals surface area contributed by atoms with Crippen LogP contribution in [-0.2, 0) is 10.8 Å². The SMILES string of the molecule is CC(CS(C)=O)NC(=O)NC1CCCOc2c(Cl)cccc21. The van der Waals surface area contributed by atoms with E-state index in [4.69, 9.17) is 16.3 Å². The summed E-state index contributed by atoms with van der Waals surface area (Å²) in [5.41, 5.74) is 0.895. The maximum absolute atomic E-state index is 12.1. The highest BCUT2D eigenvalue weighted by Crippen LogP contribution is 2.36. The van der Waals surface area contributed by atoms with Gasteiger partial charge in [-0.15, -0.1) is 0 Å². The largest absolute Gasteiger partial charge is 0.492 e. The van der Waals surface area contributed by atoms with Crippen LogP contribution in [0.25, 0.3) is 0 Å². The van der Waals surface area contributed by atoms with Crippen molar-refractivity contribution in [1.29, 1.82) is 0 Å². The highest BCUT2D eigenvalue weighted by molar-refractivity contribution is 7.84. The van der Waals surface area contributed by atoms with E-state index in [1.54, 1.807) is 12.3 Å². The Hall–Kier alpha value is -1.27. The average molecular weight is 345 g/mol. The topological polar surface area (TPSA) is 67.4 Å². The van der Waals surface area contributed by atoms with Gasteiger partial charge in [-0.2, -0.15) is 0 Å². The van der Waals surface area contributed by atoms with Gasteiger partial charge < -0.3 is 15.4 Å². The van der Waals surface area contributed by atoms with Gasteiger partial charge in [0.2, 0.25) is 0 Å². The number of carbonyl (C=O) groups is 1. The molecular formula is C15H21ClN2O3S. The molecule has 0 aliphatic carbocycles. The van der Waals surface area contributed by atoms with Crippen LogP contribution in [0.3, 0.4) is 0 Å². The lowest BCUT2D eigenvalue weighted by atomic mass is 10.0. The second-order valence-corrected chi connectivity index (χ2v) is 7.35. The van der Waals surface area contributed by atoms with E-state index in [1.165, 1.54) is 0 Å². The molecule has 5 nitrogen and oxygen atoms in total. The van der Waals surface area contributed by atoms with Crippen LogP contribution in [0.4, 0.5) is 4.79 Å². The van der Waals surface area contributed by atoms with E-state index in [0.29, 0.717) is 23.1 Å². The minimum absolute atomic E-state index is 0.143. The van der Waals surface area contributed by atoms with Crippen LogP contribution in [0.15, 0.2) is 18.2 Å². The van der Waals surface area contributed by atoms with Crippen molar-refractivity contribution in [3.8, 4) is 5.75 Å². The number of amides is 2. The molecule has 2 N–H and O–H groups in total. The van der Waals surface area contributed by atoms with Gasteiger partial charge >= 0.3 is 6.03 Å². The molecule has 3 atom stereocenters. The van der Waals surface area contributed by atoms with Gasteiger partial charge in [0.25, 0.3) is 0 Å². The molecule has 22 heavy (non-hydrogen) atoms. The van der Waals surface area contributed by atoms with Crippen LogP contribution in [-0.4, -0.2) is 34.9 Å². The molecular weight excluding hydrogens is 324 g/mol. The minimum Gasteiger partial charge on any atom is -0.492 e. The number of rotatable bonds is 4. The second-order valence-electron chi connectivity index (χ2n) is 5.46. The number of benzene rings is 1. The smallest absolute Gasteiger partial charge is 0.315 e. The monoisotopic (exact) mass is 344 g/mol. The summed E-state index contributed by atoms with van der Waals surface area (Å²) in [6.07, 6.45) is 3.25. The summed E-state index contributed by atoms with van der Waals surface area (Å²) in [5.74, 6) is 1.08. The Bertz CT molecular complexity index is 568. The normalized spacial score (nSPS) is 20.0. The zero-order chi connectivity index (χ0) is 16.1. The number of nitrogens with one attached hydrogen (secondary N) is 2. The van der Waals surface area contributed by atoms with E-state index < -0.39 is 10.8 Å². The lowest BCUT2D eigenvalue weighted by Gasteiger charge is -2.21. The Morgan fingerprint density at radius 1 is 1.55 bits per heavy atom. The molecule has 2 rings (SSSR count). The van der Waals surface area contributed by atoms with Crippen molar-refractivity contribution < 1.29 is 13.7 Å². The predicted molar refractivity (Wildman–Crippen MR) is 89.0 cm³/mol. The second kappa shape index (κ2) is 7.83. The Labute approximate surface area is 138 Å². The molecule has 0 bridgehead atoms. The zero-order valence-electron chi connectivity index (χ0n) is 12.7. The molecule has 0 aromatic heterocycles. The summed E-state index contributed by atoms with van der Waals surface area (Å²) in [7, 11) is -0.941. The van der Waals surface area contributed by atoms with Crippen LogP contribution in [0.5, 0.6) is 5.75 Å². The average Bonchev–Trinajstić information content (AvgIpc) is 2.61. The molecule has 0 saturated heterocycles. The number of hydrogen-bond donors (Lipinski definition) is 2. The molecule has 0 spiro atoms. The maximum atomic E-state index is 12.1. The summed E-state index contributed by atoms with van der Waals surface area (Å²) in [6.45, 7) is 2.42. The van der Waals surface area contributed by atoms with Gasteiger partial charge in [-0.05, 0) is 25.8 Å². The fraction of sp³-hybridized carbons (Fsp3) is 0.533. The minimum atomic E-state index is -0.941. The standard InChI is InChI=1S/C15H21ClN2O3S/c1-10(9-22(2)20)17-15(19)18-13-7-4-8-21-14-11(13)5-3-6-12(14)16/h3,5-6,10,13H,4,7-9H2,1-2H3,(H2,17,18,19). The first kappa shape index (κ1) is 17.1. The van der Waals surface area contributed by atoms with Crippen molar-refractivity contribution >= 4 is 28.4 Å². The number of ether oxygens (including phenoxy) is 1. The zero-order valence-corrected chi connectivity index (χ0v) is 14.3. The van der Waals surface area contributed by atoms with Crippen LogP contribution >= 0.6 is 11.6 Å². The van der Waals surface area contributed by atoms with E-state index in [2.05, 4.69) is 10.6 Å². The number of halogens is 1. The molecule has 0 saturated carbocycles. The molecule has 122 valence electrons. The van der Waals surface area contributed by atoms with Gasteiger partial charge in [0, 0.05) is 34.4 Å². The van der Waals surface area contributed by atoms with Gasteiger partial charge in [-0.3, -0.25) is 4.21 Å². The third-order valence-electron chi connectivity index (χ3n) is 3.42. The molecule has 1 heterocycles. The number of urea groups is 1. The van der Waals surface area contributed by atoms with E-state index in [-0.39, 0.29) is 18.1 Å². The van der Waals surface area contributed by atoms with Crippen molar-refractivity contribution in [2.75, 3.05) is 18.6 Å². The highest BCUT2D eigenvalue weighted by atomic mass is 35.5. The Balaban J connectivity index is 2.05. The summed E-state index contributed by atoms with van der Waals surface area (Å²) in [5, 5.41) is 6.32. The van der Waals surface area contributed by atoms with Crippen LogP contribution < -0.4 is 15.4 Å². The number of para-hydroxylation sites is 1.